The molecule has 1 N–H and O–H groups in total. The molecule has 1 aliphatic carbocycles. The van der Waals surface area contributed by atoms with Crippen molar-refractivity contribution in [1.29, 1.82) is 0 Å². The molecule has 19 heavy (non-hydrogen) atoms. The highest BCUT2D eigenvalue weighted by molar-refractivity contribution is 5.76. The summed E-state index contributed by atoms with van der Waals surface area (Å²) in [6.07, 6.45) is 7.95. The van der Waals surface area contributed by atoms with Crippen LogP contribution >= 0.6 is 0 Å². The van der Waals surface area contributed by atoms with Crippen molar-refractivity contribution in [3.63, 3.8) is 0 Å². The summed E-state index contributed by atoms with van der Waals surface area (Å²) in [7, 11) is 1.67. The fourth-order valence-electron chi connectivity index (χ4n) is 2.42. The van der Waals surface area contributed by atoms with E-state index >= 15 is 0 Å². The monoisotopic (exact) mass is 259 g/mol. The molecule has 0 saturated carbocycles. The largest absolute Gasteiger partial charge is 0.496 e. The average Bonchev–Trinajstić information content (AvgIpc) is 2.92. The fraction of sp³-hybridized carbons (Fsp3) is 0.438. The smallest absolute Gasteiger partial charge is 0.220 e. The number of ether oxygens (including phenoxy) is 1. The van der Waals surface area contributed by atoms with Crippen molar-refractivity contribution in [2.24, 2.45) is 5.92 Å². The number of hydrogen-bond donors (Lipinski definition) is 1. The molecule has 0 radical (unpaired) electrons. The molecule has 0 spiro atoms. The molecule has 0 aliphatic heterocycles. The summed E-state index contributed by atoms with van der Waals surface area (Å²) in [6, 6.07) is 7.92. The standard InChI is InChI=1S/C16H21NO2/c1-19-15-9-5-4-8-14(15)10-11-17-16(18)12-13-6-2-3-7-13/h2,4-6,8-9,13H,3,7,10-12H2,1H3,(H,17,18)/t13-/m0/s1. The van der Waals surface area contributed by atoms with Gasteiger partial charge in [0.1, 0.15) is 5.75 Å². The second-order valence-electron chi connectivity index (χ2n) is 4.88. The first-order valence-electron chi connectivity index (χ1n) is 6.85. The van der Waals surface area contributed by atoms with E-state index in [1.807, 2.05) is 24.3 Å². The number of rotatable bonds is 6. The van der Waals surface area contributed by atoms with Gasteiger partial charge in [-0.05, 0) is 36.8 Å². The van der Waals surface area contributed by atoms with Crippen LogP contribution in [0.5, 0.6) is 5.75 Å². The van der Waals surface area contributed by atoms with E-state index in [0.29, 0.717) is 18.9 Å². The van der Waals surface area contributed by atoms with Gasteiger partial charge in [-0.25, -0.2) is 0 Å². The molecular weight excluding hydrogens is 238 g/mol. The first-order valence-corrected chi connectivity index (χ1v) is 6.85. The molecule has 3 nitrogen and oxygen atoms in total. The van der Waals surface area contributed by atoms with Gasteiger partial charge in [0.05, 0.1) is 7.11 Å². The van der Waals surface area contributed by atoms with Gasteiger partial charge in [-0.15, -0.1) is 0 Å². The number of benzene rings is 1. The van der Waals surface area contributed by atoms with Crippen LogP contribution in [0.15, 0.2) is 36.4 Å². The molecule has 0 fully saturated rings. The van der Waals surface area contributed by atoms with E-state index in [9.17, 15) is 4.79 Å². The van der Waals surface area contributed by atoms with Gasteiger partial charge in [0.15, 0.2) is 0 Å². The van der Waals surface area contributed by atoms with Crippen molar-refractivity contribution in [2.75, 3.05) is 13.7 Å². The van der Waals surface area contributed by atoms with Gasteiger partial charge in [0, 0.05) is 13.0 Å². The normalized spacial score (nSPS) is 17.4. The number of carbonyl (C=O) groups excluding carboxylic acids is 1. The Bertz CT molecular complexity index is 454. The molecule has 1 aromatic rings. The first kappa shape index (κ1) is 13.7. The SMILES string of the molecule is COc1ccccc1CCNC(=O)C[C@H]1C=CCC1. The lowest BCUT2D eigenvalue weighted by Crippen LogP contribution is -2.27. The van der Waals surface area contributed by atoms with E-state index in [2.05, 4.69) is 17.5 Å². The number of para-hydroxylation sites is 1. The maximum absolute atomic E-state index is 11.8. The molecule has 1 aromatic carbocycles. The summed E-state index contributed by atoms with van der Waals surface area (Å²) in [6.45, 7) is 0.662. The summed E-state index contributed by atoms with van der Waals surface area (Å²) >= 11 is 0. The minimum absolute atomic E-state index is 0.145. The zero-order chi connectivity index (χ0) is 13.5. The molecule has 1 aliphatic rings. The summed E-state index contributed by atoms with van der Waals surface area (Å²) < 4.78 is 5.29. The Balaban J connectivity index is 1.73. The minimum Gasteiger partial charge on any atom is -0.496 e. The van der Waals surface area contributed by atoms with Crippen LogP contribution in [0.3, 0.4) is 0 Å². The third kappa shape index (κ3) is 4.12. The van der Waals surface area contributed by atoms with Gasteiger partial charge in [-0.3, -0.25) is 4.79 Å². The zero-order valence-electron chi connectivity index (χ0n) is 11.4. The fourth-order valence-corrected chi connectivity index (χ4v) is 2.42. The van der Waals surface area contributed by atoms with Crippen LogP contribution in [-0.4, -0.2) is 19.6 Å². The van der Waals surface area contributed by atoms with Crippen LogP contribution in [0.25, 0.3) is 0 Å². The van der Waals surface area contributed by atoms with E-state index in [1.165, 1.54) is 0 Å². The predicted molar refractivity (Wildman–Crippen MR) is 76.2 cm³/mol. The Labute approximate surface area is 114 Å². The van der Waals surface area contributed by atoms with Crippen LogP contribution in [0, 0.1) is 5.92 Å². The highest BCUT2D eigenvalue weighted by Crippen LogP contribution is 2.20. The van der Waals surface area contributed by atoms with Gasteiger partial charge in [0.2, 0.25) is 5.91 Å². The molecule has 0 aromatic heterocycles. The second-order valence-corrected chi connectivity index (χ2v) is 4.88. The Hall–Kier alpha value is -1.77. The lowest BCUT2D eigenvalue weighted by atomic mass is 10.0. The maximum atomic E-state index is 11.8. The second kappa shape index (κ2) is 6.98. The number of nitrogens with one attached hydrogen (secondary N) is 1. The van der Waals surface area contributed by atoms with Crippen molar-refractivity contribution in [3.8, 4) is 5.75 Å². The van der Waals surface area contributed by atoms with Crippen LogP contribution in [0.1, 0.15) is 24.8 Å². The lowest BCUT2D eigenvalue weighted by molar-refractivity contribution is -0.121. The van der Waals surface area contributed by atoms with Crippen LogP contribution in [-0.2, 0) is 11.2 Å². The highest BCUT2D eigenvalue weighted by Gasteiger charge is 2.13. The third-order valence-corrected chi connectivity index (χ3v) is 3.47. The van der Waals surface area contributed by atoms with Crippen LogP contribution in [0.4, 0.5) is 0 Å². The summed E-state index contributed by atoms with van der Waals surface area (Å²) in [5.74, 6) is 1.47. The van der Waals surface area contributed by atoms with Crippen molar-refractivity contribution in [2.45, 2.75) is 25.7 Å². The third-order valence-electron chi connectivity index (χ3n) is 3.47. The number of allylic oxidation sites excluding steroid dienone is 2. The van der Waals surface area contributed by atoms with Crippen molar-refractivity contribution < 1.29 is 9.53 Å². The quantitative estimate of drug-likeness (QED) is 0.798. The van der Waals surface area contributed by atoms with E-state index in [0.717, 1.165) is 30.6 Å². The van der Waals surface area contributed by atoms with E-state index in [4.69, 9.17) is 4.74 Å². The number of hydrogen-bond acceptors (Lipinski definition) is 2. The molecular formula is C16H21NO2. The molecule has 1 atom stereocenters. The maximum Gasteiger partial charge on any atom is 0.220 e. The average molecular weight is 259 g/mol. The van der Waals surface area contributed by atoms with E-state index < -0.39 is 0 Å². The Kier molecular flexibility index (Phi) is 5.01. The molecule has 1 amide bonds. The molecule has 2 rings (SSSR count). The van der Waals surface area contributed by atoms with Crippen LogP contribution < -0.4 is 10.1 Å². The minimum atomic E-state index is 0.145. The van der Waals surface area contributed by atoms with E-state index in [-0.39, 0.29) is 5.91 Å². The van der Waals surface area contributed by atoms with Crippen LogP contribution in [0.2, 0.25) is 0 Å². The van der Waals surface area contributed by atoms with Gasteiger partial charge in [-0.1, -0.05) is 30.4 Å². The topological polar surface area (TPSA) is 38.3 Å². The predicted octanol–water partition coefficient (Wildman–Crippen LogP) is 2.71. The molecule has 3 heteroatoms. The van der Waals surface area contributed by atoms with Crippen molar-refractivity contribution >= 4 is 5.91 Å². The van der Waals surface area contributed by atoms with Gasteiger partial charge < -0.3 is 10.1 Å². The Morgan fingerprint density at radius 2 is 2.26 bits per heavy atom. The van der Waals surface area contributed by atoms with Crippen molar-refractivity contribution in [1.82, 2.24) is 5.32 Å². The molecule has 102 valence electrons. The summed E-state index contributed by atoms with van der Waals surface area (Å²) in [5, 5.41) is 2.98. The van der Waals surface area contributed by atoms with E-state index in [1.54, 1.807) is 7.11 Å². The van der Waals surface area contributed by atoms with Crippen molar-refractivity contribution in [3.05, 3.63) is 42.0 Å². The summed E-state index contributed by atoms with van der Waals surface area (Å²) in [4.78, 5) is 11.8. The molecule has 0 heterocycles. The lowest BCUT2D eigenvalue weighted by Gasteiger charge is -2.10. The van der Waals surface area contributed by atoms with Gasteiger partial charge in [-0.2, -0.15) is 0 Å². The Morgan fingerprint density at radius 3 is 3.00 bits per heavy atom. The zero-order valence-corrected chi connectivity index (χ0v) is 11.4. The molecule has 0 unspecified atom stereocenters. The summed E-state index contributed by atoms with van der Waals surface area (Å²) in [5.41, 5.74) is 1.13. The Morgan fingerprint density at radius 1 is 1.42 bits per heavy atom. The number of amides is 1. The number of carbonyl (C=O) groups is 1. The number of methoxy groups -OCH3 is 1. The van der Waals surface area contributed by atoms with Gasteiger partial charge >= 0.3 is 0 Å². The first-order chi connectivity index (χ1) is 9.29. The highest BCUT2D eigenvalue weighted by atomic mass is 16.5. The van der Waals surface area contributed by atoms with Gasteiger partial charge in [0.25, 0.3) is 0 Å². The molecule has 0 bridgehead atoms. The molecule has 0 saturated heterocycles.